The topological polar surface area (TPSA) is 58.9 Å². The number of aliphatic hydroxyl groups excluding tert-OH is 2. The smallest absolute Gasteiger partial charge is 0.186 e. The van der Waals surface area contributed by atoms with Crippen molar-refractivity contribution in [1.82, 2.24) is 0 Å². The highest BCUT2D eigenvalue weighted by Crippen LogP contribution is 2.38. The Balaban J connectivity index is 2.52. The fraction of sp³-hybridized carbons (Fsp3) is 0.429. The van der Waals surface area contributed by atoms with Gasteiger partial charge in [-0.15, -0.1) is 0 Å². The van der Waals surface area contributed by atoms with Gasteiger partial charge >= 0.3 is 0 Å². The van der Waals surface area contributed by atoms with Crippen LogP contribution in [0, 0.1) is 27.7 Å². The largest absolute Gasteiger partial charge is 0.467 e. The Morgan fingerprint density at radius 1 is 0.680 bits per heavy atom. The summed E-state index contributed by atoms with van der Waals surface area (Å²) in [6.45, 7) is 11.7. The molecular weight excluding hydrogens is 316 g/mol. The van der Waals surface area contributed by atoms with E-state index in [1.165, 1.54) is 11.1 Å². The zero-order valence-corrected chi connectivity index (χ0v) is 15.9. The van der Waals surface area contributed by atoms with Crippen molar-refractivity contribution < 1.29 is 19.7 Å². The van der Waals surface area contributed by atoms with Crippen LogP contribution in [0.1, 0.15) is 47.2 Å². The lowest BCUT2D eigenvalue weighted by Crippen LogP contribution is -2.20. The molecule has 136 valence electrons. The Morgan fingerprint density at radius 3 is 1.20 bits per heavy atom. The molecule has 0 saturated heterocycles. The van der Waals surface area contributed by atoms with Crippen molar-refractivity contribution in [2.45, 2.75) is 47.0 Å². The molecule has 0 heterocycles. The van der Waals surface area contributed by atoms with Crippen LogP contribution in [-0.2, 0) is 5.41 Å². The summed E-state index contributed by atoms with van der Waals surface area (Å²) in [6, 6.07) is 8.45. The highest BCUT2D eigenvalue weighted by Gasteiger charge is 2.26. The predicted octanol–water partition coefficient (Wildman–Crippen LogP) is 3.90. The standard InChI is InChI=1S/C21H28O4/c1-13-7-17(8-14(2)19(13)24-11-22)21(5,6)18-9-15(3)20(25-12-23)16(4)10-18/h7-10,22-23H,11-12H2,1-6H3. The zero-order valence-electron chi connectivity index (χ0n) is 15.9. The fourth-order valence-electron chi connectivity index (χ4n) is 3.37. The van der Waals surface area contributed by atoms with Gasteiger partial charge in [0.2, 0.25) is 0 Å². The van der Waals surface area contributed by atoms with Crippen molar-refractivity contribution in [2.24, 2.45) is 0 Å². The van der Waals surface area contributed by atoms with E-state index >= 15 is 0 Å². The molecule has 2 rings (SSSR count). The third-order valence-corrected chi connectivity index (χ3v) is 4.78. The molecule has 0 aliphatic carbocycles. The average Bonchev–Trinajstić information content (AvgIpc) is 2.53. The van der Waals surface area contributed by atoms with Crippen LogP contribution >= 0.6 is 0 Å². The van der Waals surface area contributed by atoms with Gasteiger partial charge < -0.3 is 19.7 Å². The van der Waals surface area contributed by atoms with Crippen molar-refractivity contribution in [2.75, 3.05) is 13.6 Å². The Kier molecular flexibility index (Phi) is 5.76. The van der Waals surface area contributed by atoms with Crippen molar-refractivity contribution in [3.8, 4) is 11.5 Å². The van der Waals surface area contributed by atoms with Gasteiger partial charge in [0.15, 0.2) is 13.6 Å². The molecule has 0 aromatic heterocycles. The first-order valence-electron chi connectivity index (χ1n) is 8.43. The predicted molar refractivity (Wildman–Crippen MR) is 99.4 cm³/mol. The van der Waals surface area contributed by atoms with Gasteiger partial charge in [0.05, 0.1) is 0 Å². The molecule has 2 N–H and O–H groups in total. The van der Waals surface area contributed by atoms with E-state index in [9.17, 15) is 0 Å². The van der Waals surface area contributed by atoms with Crippen LogP contribution in [0.25, 0.3) is 0 Å². The van der Waals surface area contributed by atoms with Crippen LogP contribution in [0.2, 0.25) is 0 Å². The second-order valence-electron chi connectivity index (χ2n) is 7.05. The summed E-state index contributed by atoms with van der Waals surface area (Å²) in [7, 11) is 0. The van der Waals surface area contributed by atoms with E-state index < -0.39 is 0 Å². The van der Waals surface area contributed by atoms with Crippen LogP contribution in [0.15, 0.2) is 24.3 Å². The SMILES string of the molecule is Cc1cc(C(C)(C)c2cc(C)c(OCO)c(C)c2)cc(C)c1OCO. The maximum atomic E-state index is 9.05. The molecule has 4 heteroatoms. The number of aryl methyl sites for hydroxylation is 4. The summed E-state index contributed by atoms with van der Waals surface area (Å²) in [6.07, 6.45) is 0. The zero-order chi connectivity index (χ0) is 18.8. The Morgan fingerprint density at radius 2 is 0.960 bits per heavy atom. The number of benzene rings is 2. The summed E-state index contributed by atoms with van der Waals surface area (Å²) in [5, 5.41) is 18.1. The monoisotopic (exact) mass is 344 g/mol. The van der Waals surface area contributed by atoms with Gasteiger partial charge in [-0.25, -0.2) is 0 Å². The lowest BCUT2D eigenvalue weighted by molar-refractivity contribution is 0.0968. The van der Waals surface area contributed by atoms with Gasteiger partial charge in [-0.3, -0.25) is 0 Å². The highest BCUT2D eigenvalue weighted by molar-refractivity contribution is 5.52. The lowest BCUT2D eigenvalue weighted by Gasteiger charge is -2.29. The number of ether oxygens (including phenoxy) is 2. The van der Waals surface area contributed by atoms with Gasteiger partial charge in [-0.05, 0) is 61.1 Å². The Hall–Kier alpha value is -2.04. The highest BCUT2D eigenvalue weighted by atomic mass is 16.6. The fourth-order valence-corrected chi connectivity index (χ4v) is 3.37. The molecule has 0 aliphatic rings. The van der Waals surface area contributed by atoms with E-state index in [1.54, 1.807) is 0 Å². The summed E-state index contributed by atoms with van der Waals surface area (Å²) >= 11 is 0. The van der Waals surface area contributed by atoms with Gasteiger partial charge in [0.25, 0.3) is 0 Å². The molecule has 0 fully saturated rings. The van der Waals surface area contributed by atoms with Crippen molar-refractivity contribution in [1.29, 1.82) is 0 Å². The van der Waals surface area contributed by atoms with E-state index in [4.69, 9.17) is 19.7 Å². The molecule has 0 radical (unpaired) electrons. The van der Waals surface area contributed by atoms with Crippen LogP contribution in [0.4, 0.5) is 0 Å². The normalized spacial score (nSPS) is 11.5. The van der Waals surface area contributed by atoms with Crippen LogP contribution < -0.4 is 9.47 Å². The molecule has 0 spiro atoms. The summed E-state index contributed by atoms with van der Waals surface area (Å²) in [4.78, 5) is 0. The minimum atomic E-state index is -0.324. The molecule has 2 aromatic rings. The number of rotatable bonds is 6. The molecular formula is C21H28O4. The van der Waals surface area contributed by atoms with E-state index in [0.717, 1.165) is 33.8 Å². The van der Waals surface area contributed by atoms with Gasteiger partial charge in [0.1, 0.15) is 11.5 Å². The summed E-state index contributed by atoms with van der Waals surface area (Å²) < 4.78 is 10.7. The molecule has 25 heavy (non-hydrogen) atoms. The minimum absolute atomic E-state index is 0.208. The Bertz CT molecular complexity index is 653. The van der Waals surface area contributed by atoms with E-state index in [1.807, 2.05) is 27.7 Å². The minimum Gasteiger partial charge on any atom is -0.467 e. The number of hydrogen-bond donors (Lipinski definition) is 2. The third-order valence-electron chi connectivity index (χ3n) is 4.78. The third kappa shape index (κ3) is 3.80. The molecule has 4 nitrogen and oxygen atoms in total. The number of hydrogen-bond acceptors (Lipinski definition) is 4. The first-order valence-corrected chi connectivity index (χ1v) is 8.43. The van der Waals surface area contributed by atoms with E-state index in [0.29, 0.717) is 0 Å². The summed E-state index contributed by atoms with van der Waals surface area (Å²) in [5.41, 5.74) is 6.18. The quantitative estimate of drug-likeness (QED) is 0.780. The van der Waals surface area contributed by atoms with E-state index in [-0.39, 0.29) is 19.0 Å². The molecule has 0 bridgehead atoms. The second kappa shape index (κ2) is 7.46. The second-order valence-corrected chi connectivity index (χ2v) is 7.05. The van der Waals surface area contributed by atoms with Gasteiger partial charge in [-0.1, -0.05) is 38.1 Å². The van der Waals surface area contributed by atoms with Crippen molar-refractivity contribution in [3.05, 3.63) is 57.6 Å². The van der Waals surface area contributed by atoms with Crippen molar-refractivity contribution in [3.63, 3.8) is 0 Å². The average molecular weight is 344 g/mol. The molecule has 2 aromatic carbocycles. The van der Waals surface area contributed by atoms with Crippen LogP contribution in [0.5, 0.6) is 11.5 Å². The maximum absolute atomic E-state index is 9.05. The molecule has 0 atom stereocenters. The van der Waals surface area contributed by atoms with Gasteiger partial charge in [0, 0.05) is 5.41 Å². The van der Waals surface area contributed by atoms with Crippen LogP contribution in [-0.4, -0.2) is 23.8 Å². The summed E-state index contributed by atoms with van der Waals surface area (Å²) in [5.74, 6) is 1.47. The Labute approximate surface area is 150 Å². The van der Waals surface area contributed by atoms with Crippen molar-refractivity contribution >= 4 is 0 Å². The molecule has 0 amide bonds. The number of aliphatic hydroxyl groups is 2. The van der Waals surface area contributed by atoms with Crippen LogP contribution in [0.3, 0.4) is 0 Å². The maximum Gasteiger partial charge on any atom is 0.186 e. The lowest BCUT2D eigenvalue weighted by atomic mass is 9.76. The molecule has 0 saturated carbocycles. The molecule has 0 aliphatic heterocycles. The molecule has 0 unspecified atom stereocenters. The first-order chi connectivity index (χ1) is 11.7. The van der Waals surface area contributed by atoms with Gasteiger partial charge in [-0.2, -0.15) is 0 Å². The van der Waals surface area contributed by atoms with E-state index in [2.05, 4.69) is 38.1 Å². The first kappa shape index (κ1) is 19.3.